The van der Waals surface area contributed by atoms with Gasteiger partial charge in [0.15, 0.2) is 17.7 Å². The van der Waals surface area contributed by atoms with E-state index in [-0.39, 0.29) is 47.2 Å². The molecule has 3 aromatic carbocycles. The van der Waals surface area contributed by atoms with Gasteiger partial charge in [0.25, 0.3) is 0 Å². The van der Waals surface area contributed by atoms with Crippen molar-refractivity contribution in [1.29, 1.82) is 0 Å². The van der Waals surface area contributed by atoms with Crippen LogP contribution >= 0.6 is 0 Å². The molecule has 0 bridgehead atoms. The number of H-pyrrole nitrogens is 3. The molecule has 12 aromatic rings. The number of alkyl halides is 6. The minimum absolute atomic E-state index is 0.0381. The van der Waals surface area contributed by atoms with Gasteiger partial charge in [0.05, 0.1) is 87.6 Å². The van der Waals surface area contributed by atoms with Crippen molar-refractivity contribution in [3.05, 3.63) is 139 Å². The number of aliphatic hydroxyl groups excluding tert-OH is 6. The maximum atomic E-state index is 13.7. The zero-order chi connectivity index (χ0) is 89.5. The summed E-state index contributed by atoms with van der Waals surface area (Å²) in [6, 6.07) is 21.5. The van der Waals surface area contributed by atoms with Crippen LogP contribution in [-0.2, 0) is 40.2 Å². The van der Waals surface area contributed by atoms with Gasteiger partial charge in [-0.1, -0.05) is 87.4 Å². The van der Waals surface area contributed by atoms with E-state index in [1.165, 1.54) is 51.8 Å². The Bertz CT molecular complexity index is 5530. The summed E-state index contributed by atoms with van der Waals surface area (Å²) in [4.78, 5) is 58.9. The minimum Gasteiger partial charge on any atom is -0.390 e. The Kier molecular flexibility index (Phi) is 25.3. The molecule has 9 aromatic heterocycles. The predicted molar refractivity (Wildman–Crippen MR) is 469 cm³/mol. The molecule has 6 aliphatic rings. The van der Waals surface area contributed by atoms with Crippen LogP contribution < -0.4 is 17.2 Å². The topological polar surface area (TPSA) is 409 Å². The molecule has 0 radical (unpaired) electrons. The molecular formula is C91H120F6N22O7. The molecule has 0 unspecified atom stereocenters. The number of rotatable bonds is 24. The molecule has 12 atom stereocenters. The van der Waals surface area contributed by atoms with E-state index < -0.39 is 98.3 Å². The quantitative estimate of drug-likeness (QED) is 0.0250. The number of fused-ring (bicyclic) bond motifs is 6. The highest BCUT2D eigenvalue weighted by atomic mass is 19.4. The highest BCUT2D eigenvalue weighted by molar-refractivity contribution is 5.87. The Morgan fingerprint density at radius 3 is 1.17 bits per heavy atom. The number of nitrogen functional groups attached to an aromatic ring is 3. The van der Waals surface area contributed by atoms with Crippen molar-refractivity contribution in [2.45, 2.75) is 267 Å². The molecule has 15 N–H and O–H groups in total. The number of aromatic amines is 3. The SMILES string of the molecule is CC(C)(C)c1ccc2nc(CCC3CC(N(C[C@H]4C[C@@H](n5ccc6c(N)ncnc65)[C@H](O)[C@@H]4O)CC(F)(F)F)C3)[nH]c2c1.CC(C)(C)c1ccc2nc(CCC3CC(N(C[C@H]4C[C@@H](n5ccc6c(N)ncnc65)[C@H](O)[C@@H]4O)CC(F)(F)F)C3)[nH]c2c1.CCN(C[C@H]1O[C@@H](n2cnc3c(N)ncnc32)[C@H](O)[C@@H]1O)C1CC(CCc2nc3ccc(C(C)(C)C)cc3[nH]2)C1. The third-order valence-electron chi connectivity index (χ3n) is 27.6. The molecular weight excluding hydrogens is 1630 g/mol. The first kappa shape index (κ1) is 89.8. The smallest absolute Gasteiger partial charge is 0.390 e. The Hall–Kier alpha value is -9.56. The summed E-state index contributed by atoms with van der Waals surface area (Å²) < 4.78 is 93.3. The van der Waals surface area contributed by atoms with Gasteiger partial charge in [-0.25, -0.2) is 49.8 Å². The average molecular weight is 1750 g/mol. The van der Waals surface area contributed by atoms with Crippen molar-refractivity contribution in [3.8, 4) is 0 Å². The first-order valence-corrected chi connectivity index (χ1v) is 44.3. The average Bonchev–Trinajstić information content (AvgIpc) is 1.62. The number of hydrogen-bond acceptors (Lipinski definition) is 23. The van der Waals surface area contributed by atoms with Crippen LogP contribution in [0.1, 0.15) is 192 Å². The van der Waals surface area contributed by atoms with Gasteiger partial charge in [-0.15, -0.1) is 0 Å². The molecule has 0 spiro atoms. The molecule has 1 saturated heterocycles. The first-order valence-electron chi connectivity index (χ1n) is 44.3. The lowest BCUT2D eigenvalue weighted by atomic mass is 9.76. The predicted octanol–water partition coefficient (Wildman–Crippen LogP) is 12.4. The van der Waals surface area contributed by atoms with Crippen molar-refractivity contribution >= 4 is 83.8 Å². The lowest BCUT2D eigenvalue weighted by Crippen LogP contribution is -2.51. The summed E-state index contributed by atoms with van der Waals surface area (Å²) in [5.41, 5.74) is 29.7. The lowest BCUT2D eigenvalue weighted by molar-refractivity contribution is -0.160. The van der Waals surface area contributed by atoms with Crippen LogP contribution in [0.5, 0.6) is 0 Å². The highest BCUT2D eigenvalue weighted by Crippen LogP contribution is 2.46. The molecule has 10 heterocycles. The number of nitrogens with two attached hydrogens (primary N) is 3. The van der Waals surface area contributed by atoms with Gasteiger partial charge < -0.3 is 76.7 Å². The van der Waals surface area contributed by atoms with Crippen LogP contribution in [0.2, 0.25) is 0 Å². The number of benzene rings is 3. The zero-order valence-corrected chi connectivity index (χ0v) is 73.1. The van der Waals surface area contributed by atoms with Crippen LogP contribution in [0.15, 0.2) is 104 Å². The number of aliphatic hydroxyl groups is 6. The Labute approximate surface area is 726 Å². The highest BCUT2D eigenvalue weighted by Gasteiger charge is 2.51. The van der Waals surface area contributed by atoms with Crippen LogP contribution in [0, 0.1) is 29.6 Å². The van der Waals surface area contributed by atoms with E-state index in [9.17, 15) is 57.0 Å². The number of aromatic nitrogens is 16. The van der Waals surface area contributed by atoms with E-state index in [0.29, 0.717) is 114 Å². The summed E-state index contributed by atoms with van der Waals surface area (Å²) >= 11 is 0. The number of likely N-dealkylation sites (N-methyl/N-ethyl adjacent to an activating group) is 1. The zero-order valence-electron chi connectivity index (χ0n) is 73.1. The number of nitrogens with one attached hydrogen (secondary N) is 3. The van der Waals surface area contributed by atoms with Crippen molar-refractivity contribution in [1.82, 2.24) is 93.2 Å². The molecule has 18 rings (SSSR count). The van der Waals surface area contributed by atoms with Crippen molar-refractivity contribution in [2.75, 3.05) is 56.5 Å². The van der Waals surface area contributed by atoms with Crippen molar-refractivity contribution < 1.29 is 61.7 Å². The largest absolute Gasteiger partial charge is 0.401 e. The minimum atomic E-state index is -4.36. The Morgan fingerprint density at radius 1 is 0.429 bits per heavy atom. The van der Waals surface area contributed by atoms with E-state index in [4.69, 9.17) is 36.9 Å². The van der Waals surface area contributed by atoms with Gasteiger partial charge in [0, 0.05) is 81.3 Å². The second-order valence-electron chi connectivity index (χ2n) is 39.4. The molecule has 5 aliphatic carbocycles. The number of imidazole rings is 4. The van der Waals surface area contributed by atoms with E-state index in [1.807, 2.05) is 12.1 Å². The van der Waals surface area contributed by atoms with Crippen molar-refractivity contribution in [2.24, 2.45) is 29.6 Å². The van der Waals surface area contributed by atoms with E-state index in [0.717, 1.165) is 108 Å². The van der Waals surface area contributed by atoms with Gasteiger partial charge in [0.2, 0.25) is 0 Å². The number of halogens is 6. The number of ether oxygens (including phenoxy) is 1. The van der Waals surface area contributed by atoms with Gasteiger partial charge in [0.1, 0.15) is 95.4 Å². The monoisotopic (exact) mass is 1750 g/mol. The number of nitrogens with zero attached hydrogens (tertiary/aromatic N) is 16. The second-order valence-corrected chi connectivity index (χ2v) is 39.4. The Balaban J connectivity index is 0.000000139. The molecule has 29 nitrogen and oxygen atoms in total. The third-order valence-corrected chi connectivity index (χ3v) is 27.6. The summed E-state index contributed by atoms with van der Waals surface area (Å²) in [5.74, 6) is 3.94. The fraction of sp³-hybridized carbons (Fsp3) is 0.582. The summed E-state index contributed by atoms with van der Waals surface area (Å²) in [6.07, 6.45) is 3.00. The first-order chi connectivity index (χ1) is 59.6. The van der Waals surface area contributed by atoms with Crippen LogP contribution in [0.4, 0.5) is 43.8 Å². The molecule has 35 heteroatoms. The molecule has 6 fully saturated rings. The molecule has 1 aliphatic heterocycles. The number of anilines is 3. The normalized spacial score (nSPS) is 26.7. The fourth-order valence-corrected chi connectivity index (χ4v) is 20.0. The summed E-state index contributed by atoms with van der Waals surface area (Å²) in [7, 11) is 0. The molecule has 126 heavy (non-hydrogen) atoms. The lowest BCUT2D eigenvalue weighted by Gasteiger charge is -2.44. The second kappa shape index (κ2) is 35.5. The molecule has 678 valence electrons. The van der Waals surface area contributed by atoms with Gasteiger partial charge in [-0.3, -0.25) is 19.3 Å². The van der Waals surface area contributed by atoms with Gasteiger partial charge in [-0.05, 0) is 176 Å². The standard InChI is InChI=1S/2C31H40F3N7O2.C29H40N8O3/c2*1-30(2,3)19-5-6-22-23(13-19)39-25(38-22)7-4-17-10-20(11-17)40(15-31(32,33)34)14-18-12-24(27(43)26(18)42)41-9-8-21-28(35)36-16-37-29(21)41;1-5-36(13-21-24(38)25(39)28(40-21)37-15-33-23-26(30)31-14-32-27(23)37)18-10-16(11-18)6-9-22-34-19-8-7-17(29(2,3)4)12-20(19)35-22/h2*5-6,8-9,13,16-18,20,24,26-27,42-43H,4,7,10-12,14-15H2,1-3H3,(H,38,39)(H2,35,36,37);7-8,12,14-16,18,21,24-25,28,38-39H,5-6,9-11,13H2,1-4H3,(H,34,35)(H2,30,31,32)/t2*17?,18-,20?,24-,26-,27+;16?,18?,21-,24-,25-,28-/m111/s1. The summed E-state index contributed by atoms with van der Waals surface area (Å²) in [5, 5.41) is 66.6. The van der Waals surface area contributed by atoms with Gasteiger partial charge >= 0.3 is 12.4 Å². The van der Waals surface area contributed by atoms with Crippen LogP contribution in [-0.4, -0.2) is 236 Å². The van der Waals surface area contributed by atoms with Gasteiger partial charge in [-0.2, -0.15) is 26.3 Å². The van der Waals surface area contributed by atoms with Crippen molar-refractivity contribution in [3.63, 3.8) is 0 Å². The van der Waals surface area contributed by atoms with Crippen LogP contribution in [0.3, 0.4) is 0 Å². The Morgan fingerprint density at radius 2 is 0.802 bits per heavy atom. The fourth-order valence-electron chi connectivity index (χ4n) is 20.0. The summed E-state index contributed by atoms with van der Waals surface area (Å²) in [6.45, 7) is 21.3. The number of aryl methyl sites for hydroxylation is 3. The van der Waals surface area contributed by atoms with E-state index in [1.54, 1.807) is 38.2 Å². The maximum Gasteiger partial charge on any atom is 0.401 e. The van der Waals surface area contributed by atoms with E-state index >= 15 is 0 Å². The number of hydrogen-bond donors (Lipinski definition) is 12. The molecule has 0 amide bonds. The molecule has 5 saturated carbocycles. The third kappa shape index (κ3) is 19.4. The van der Waals surface area contributed by atoms with E-state index in [2.05, 4.69) is 166 Å². The van der Waals surface area contributed by atoms with Crippen LogP contribution in [0.25, 0.3) is 66.3 Å². The maximum absolute atomic E-state index is 13.7.